The van der Waals surface area contributed by atoms with E-state index in [9.17, 15) is 10.1 Å². The number of nitrogens with zero attached hydrogens (tertiary/aromatic N) is 1. The topological polar surface area (TPSA) is 59.3 Å². The summed E-state index contributed by atoms with van der Waals surface area (Å²) in [6.45, 7) is 5.68. The largest absolute Gasteiger partial charge is 0.347 e. The highest BCUT2D eigenvalue weighted by molar-refractivity contribution is 6.06. The van der Waals surface area contributed by atoms with Crippen molar-refractivity contribution in [3.8, 4) is 6.07 Å². The summed E-state index contributed by atoms with van der Waals surface area (Å²) in [5.74, 6) is 2.33. The van der Waals surface area contributed by atoms with E-state index in [0.717, 1.165) is 51.7 Å². The highest BCUT2D eigenvalue weighted by Gasteiger charge is 2.60. The van der Waals surface area contributed by atoms with E-state index in [4.69, 9.17) is 9.47 Å². The molecule has 150 valence electrons. The molecular weight excluding hydrogens is 350 g/mol. The van der Waals surface area contributed by atoms with Crippen LogP contribution in [0.4, 0.5) is 0 Å². The molecule has 0 radical (unpaired) electrons. The van der Waals surface area contributed by atoms with Crippen molar-refractivity contribution in [3.63, 3.8) is 0 Å². The summed E-state index contributed by atoms with van der Waals surface area (Å²) < 4.78 is 12.3. The maximum Gasteiger partial charge on any atom is 0.183 e. The Morgan fingerprint density at radius 1 is 1.11 bits per heavy atom. The van der Waals surface area contributed by atoms with E-state index in [-0.39, 0.29) is 17.5 Å². The molecule has 1 heterocycles. The van der Waals surface area contributed by atoms with Crippen LogP contribution < -0.4 is 0 Å². The lowest BCUT2D eigenvalue weighted by molar-refractivity contribution is -0.197. The average Bonchev–Trinajstić information content (AvgIpc) is 3.36. The van der Waals surface area contributed by atoms with Crippen LogP contribution in [-0.2, 0) is 14.3 Å². The van der Waals surface area contributed by atoms with Gasteiger partial charge in [0.25, 0.3) is 0 Å². The van der Waals surface area contributed by atoms with Crippen molar-refractivity contribution >= 4 is 5.78 Å². The van der Waals surface area contributed by atoms with Gasteiger partial charge in [-0.1, -0.05) is 31.6 Å². The molecule has 4 nitrogen and oxygen atoms in total. The number of hydrogen-bond donors (Lipinski definition) is 0. The Kier molecular flexibility index (Phi) is 4.34. The van der Waals surface area contributed by atoms with E-state index in [1.165, 1.54) is 12.0 Å². The Morgan fingerprint density at radius 2 is 1.86 bits per heavy atom. The zero-order chi connectivity index (χ0) is 19.5. The standard InChI is InChI=1S/C24H31NO3/c1-3-23(4-2)20-7-5-16-17(19(20)13-15(14-25)22(23)26)6-8-21-18(16)9-10-24(21)27-11-12-28-24/h7,13,16-19,21H,3-6,8-12H2,1-2H3. The number of ether oxygens (including phenoxy) is 2. The minimum absolute atomic E-state index is 0.0576. The van der Waals surface area contributed by atoms with Gasteiger partial charge in [0.2, 0.25) is 0 Å². The van der Waals surface area contributed by atoms with Crippen LogP contribution in [0.15, 0.2) is 23.3 Å². The molecule has 5 rings (SSSR count). The Balaban J connectivity index is 1.52. The molecule has 0 aromatic heterocycles. The number of allylic oxidation sites excluding steroid dienone is 4. The minimum atomic E-state index is -0.457. The molecule has 0 bridgehead atoms. The van der Waals surface area contributed by atoms with Gasteiger partial charge in [0, 0.05) is 18.3 Å². The first-order valence-electron chi connectivity index (χ1n) is 11.3. The number of rotatable bonds is 2. The van der Waals surface area contributed by atoms with Gasteiger partial charge in [-0.2, -0.15) is 5.26 Å². The summed E-state index contributed by atoms with van der Waals surface area (Å²) in [6, 6.07) is 2.24. The first-order valence-corrected chi connectivity index (χ1v) is 11.3. The Bertz CT molecular complexity index is 778. The van der Waals surface area contributed by atoms with Crippen molar-refractivity contribution in [3.05, 3.63) is 23.3 Å². The van der Waals surface area contributed by atoms with Gasteiger partial charge < -0.3 is 9.47 Å². The molecule has 4 aliphatic carbocycles. The summed E-state index contributed by atoms with van der Waals surface area (Å²) in [7, 11) is 0. The smallest absolute Gasteiger partial charge is 0.183 e. The van der Waals surface area contributed by atoms with Crippen molar-refractivity contribution in [1.29, 1.82) is 5.26 Å². The highest BCUT2D eigenvalue weighted by Crippen LogP contribution is 2.62. The number of hydrogen-bond acceptors (Lipinski definition) is 4. The number of Topliss-reactive ketones (excluding diaryl/α,β-unsaturated/α-hetero) is 1. The van der Waals surface area contributed by atoms with Crippen LogP contribution in [0.5, 0.6) is 0 Å². The lowest BCUT2D eigenvalue weighted by Gasteiger charge is -2.52. The summed E-state index contributed by atoms with van der Waals surface area (Å²) in [5, 5.41) is 9.67. The number of nitriles is 1. The van der Waals surface area contributed by atoms with Crippen molar-refractivity contribution < 1.29 is 14.3 Å². The number of fused-ring (bicyclic) bond motifs is 6. The first-order chi connectivity index (χ1) is 13.6. The molecule has 0 amide bonds. The molecule has 5 atom stereocenters. The van der Waals surface area contributed by atoms with E-state index in [1.807, 2.05) is 6.08 Å². The fourth-order valence-electron chi connectivity index (χ4n) is 7.62. The van der Waals surface area contributed by atoms with Crippen molar-refractivity contribution in [2.24, 2.45) is 35.0 Å². The van der Waals surface area contributed by atoms with Crippen LogP contribution in [0.2, 0.25) is 0 Å². The van der Waals surface area contributed by atoms with E-state index in [1.54, 1.807) is 0 Å². The van der Waals surface area contributed by atoms with Crippen molar-refractivity contribution in [2.75, 3.05) is 13.2 Å². The molecule has 0 aromatic rings. The van der Waals surface area contributed by atoms with Gasteiger partial charge in [-0.25, -0.2) is 0 Å². The molecule has 28 heavy (non-hydrogen) atoms. The second kappa shape index (κ2) is 6.54. The van der Waals surface area contributed by atoms with E-state index < -0.39 is 5.41 Å². The quantitative estimate of drug-likeness (QED) is 0.658. The van der Waals surface area contributed by atoms with E-state index >= 15 is 0 Å². The Hall–Kier alpha value is -1.44. The molecule has 1 aliphatic heterocycles. The first kappa shape index (κ1) is 18.6. The zero-order valence-corrected chi connectivity index (χ0v) is 17.1. The van der Waals surface area contributed by atoms with Gasteiger partial charge in [0.15, 0.2) is 11.6 Å². The molecule has 5 aliphatic rings. The zero-order valence-electron chi connectivity index (χ0n) is 17.1. The third-order valence-corrected chi connectivity index (χ3v) is 8.93. The van der Waals surface area contributed by atoms with Crippen LogP contribution in [0.3, 0.4) is 0 Å². The van der Waals surface area contributed by atoms with Gasteiger partial charge in [-0.05, 0) is 56.3 Å². The van der Waals surface area contributed by atoms with Gasteiger partial charge >= 0.3 is 0 Å². The molecule has 0 N–H and O–H groups in total. The summed E-state index contributed by atoms with van der Waals surface area (Å²) in [5.41, 5.74) is 1.27. The third-order valence-electron chi connectivity index (χ3n) is 8.93. The van der Waals surface area contributed by atoms with Crippen molar-refractivity contribution in [1.82, 2.24) is 0 Å². The maximum absolute atomic E-state index is 13.1. The third kappa shape index (κ3) is 2.27. The fraction of sp³-hybridized carbons (Fsp3) is 0.750. The number of carbonyl (C=O) groups excluding carboxylic acids is 1. The van der Waals surface area contributed by atoms with Gasteiger partial charge in [-0.15, -0.1) is 0 Å². The molecule has 2 saturated carbocycles. The lowest BCUT2D eigenvalue weighted by Crippen LogP contribution is -2.49. The average molecular weight is 382 g/mol. The Morgan fingerprint density at radius 3 is 2.54 bits per heavy atom. The Labute approximate surface area is 168 Å². The van der Waals surface area contributed by atoms with Crippen LogP contribution in [0.25, 0.3) is 0 Å². The maximum atomic E-state index is 13.1. The summed E-state index contributed by atoms with van der Waals surface area (Å²) >= 11 is 0. The normalized spacial score (nSPS) is 40.2. The molecule has 4 heteroatoms. The minimum Gasteiger partial charge on any atom is -0.347 e. The predicted molar refractivity (Wildman–Crippen MR) is 105 cm³/mol. The molecule has 0 aromatic carbocycles. The van der Waals surface area contributed by atoms with E-state index in [2.05, 4.69) is 26.0 Å². The number of ketones is 1. The van der Waals surface area contributed by atoms with E-state index in [0.29, 0.717) is 29.2 Å². The van der Waals surface area contributed by atoms with Crippen LogP contribution >= 0.6 is 0 Å². The van der Waals surface area contributed by atoms with Gasteiger partial charge in [0.1, 0.15) is 6.07 Å². The summed E-state index contributed by atoms with van der Waals surface area (Å²) in [4.78, 5) is 13.1. The van der Waals surface area contributed by atoms with Gasteiger partial charge in [0.05, 0.1) is 24.2 Å². The van der Waals surface area contributed by atoms with Gasteiger partial charge in [-0.3, -0.25) is 4.79 Å². The second-order valence-electron chi connectivity index (χ2n) is 9.45. The highest BCUT2D eigenvalue weighted by atomic mass is 16.7. The molecule has 1 saturated heterocycles. The molecule has 1 spiro atoms. The van der Waals surface area contributed by atoms with Crippen LogP contribution in [-0.4, -0.2) is 24.8 Å². The molecular formula is C24H31NO3. The monoisotopic (exact) mass is 381 g/mol. The lowest BCUT2D eigenvalue weighted by atomic mass is 9.52. The SMILES string of the molecule is CCC1(CC)C(=O)C(C#N)=CC2C1=CCC1C2CCC2C1CCC21OCCO1. The van der Waals surface area contributed by atoms with Crippen molar-refractivity contribution in [2.45, 2.75) is 64.6 Å². The van der Waals surface area contributed by atoms with Crippen LogP contribution in [0.1, 0.15) is 58.8 Å². The fourth-order valence-corrected chi connectivity index (χ4v) is 7.62. The second-order valence-corrected chi connectivity index (χ2v) is 9.45. The number of carbonyl (C=O) groups is 1. The van der Waals surface area contributed by atoms with Crippen LogP contribution in [0, 0.1) is 46.3 Å². The molecule has 5 unspecified atom stereocenters. The predicted octanol–water partition coefficient (Wildman–Crippen LogP) is 4.57. The summed E-state index contributed by atoms with van der Waals surface area (Å²) in [6.07, 6.45) is 11.6. The molecule has 3 fully saturated rings.